The molecule has 1 N–H and O–H groups in total. The van der Waals surface area contributed by atoms with E-state index in [4.69, 9.17) is 4.74 Å². The van der Waals surface area contributed by atoms with Gasteiger partial charge in [-0.2, -0.15) is 0 Å². The molecule has 0 spiro atoms. The predicted molar refractivity (Wildman–Crippen MR) is 57.4 cm³/mol. The van der Waals surface area contributed by atoms with Crippen LogP contribution in [-0.4, -0.2) is 20.3 Å². The van der Waals surface area contributed by atoms with E-state index < -0.39 is 0 Å². The quantitative estimate of drug-likeness (QED) is 0.793. The van der Waals surface area contributed by atoms with Crippen molar-refractivity contribution in [2.75, 3.05) is 20.3 Å². The second kappa shape index (κ2) is 4.47. The summed E-state index contributed by atoms with van der Waals surface area (Å²) in [7, 11) is 1.73. The molecule has 4 heteroatoms. The number of rotatable bonds is 1. The van der Waals surface area contributed by atoms with Gasteiger partial charge in [0, 0.05) is 5.56 Å². The number of ether oxygens (including phenoxy) is 1. The Balaban J connectivity index is 2.61. The standard InChI is InChI=1S/C12H15F2NO/c1-7-5-9(13)8-3-4-16-6-10(15-2)11(8)12(7)14/h5,10,15H,3-4,6H2,1-2H3. The van der Waals surface area contributed by atoms with Crippen molar-refractivity contribution < 1.29 is 13.5 Å². The maximum atomic E-state index is 14.0. The van der Waals surface area contributed by atoms with Crippen LogP contribution < -0.4 is 5.32 Å². The predicted octanol–water partition coefficient (Wildman–Crippen LogP) is 2.11. The van der Waals surface area contributed by atoms with Crippen molar-refractivity contribution in [2.24, 2.45) is 0 Å². The van der Waals surface area contributed by atoms with Crippen LogP contribution in [0.4, 0.5) is 8.78 Å². The normalized spacial score (nSPS) is 20.4. The summed E-state index contributed by atoms with van der Waals surface area (Å²) in [5.74, 6) is -0.652. The van der Waals surface area contributed by atoms with Crippen LogP contribution in [0.2, 0.25) is 0 Å². The Labute approximate surface area is 93.6 Å². The van der Waals surface area contributed by atoms with E-state index in [0.717, 1.165) is 0 Å². The summed E-state index contributed by atoms with van der Waals surface area (Å²) in [5.41, 5.74) is 1.22. The van der Waals surface area contributed by atoms with Gasteiger partial charge in [-0.05, 0) is 37.6 Å². The van der Waals surface area contributed by atoms with E-state index in [1.54, 1.807) is 14.0 Å². The SMILES string of the molecule is CNC1COCCc2c(F)cc(C)c(F)c21. The Kier molecular flexibility index (Phi) is 3.21. The van der Waals surface area contributed by atoms with E-state index in [0.29, 0.717) is 36.3 Å². The number of halogens is 2. The van der Waals surface area contributed by atoms with Gasteiger partial charge in [0.05, 0.1) is 19.3 Å². The van der Waals surface area contributed by atoms with E-state index in [9.17, 15) is 8.78 Å². The van der Waals surface area contributed by atoms with Crippen molar-refractivity contribution in [3.63, 3.8) is 0 Å². The van der Waals surface area contributed by atoms with Crippen LogP contribution in [-0.2, 0) is 11.2 Å². The number of aryl methyl sites for hydroxylation is 1. The molecule has 1 heterocycles. The van der Waals surface area contributed by atoms with Gasteiger partial charge in [-0.15, -0.1) is 0 Å². The summed E-state index contributed by atoms with van der Waals surface area (Å²) in [6, 6.07) is 0.985. The Morgan fingerprint density at radius 2 is 2.19 bits per heavy atom. The summed E-state index contributed by atoms with van der Waals surface area (Å²) in [6.45, 7) is 2.39. The van der Waals surface area contributed by atoms with Gasteiger partial charge < -0.3 is 10.1 Å². The van der Waals surface area contributed by atoms with Gasteiger partial charge >= 0.3 is 0 Å². The highest BCUT2D eigenvalue weighted by Gasteiger charge is 2.25. The lowest BCUT2D eigenvalue weighted by molar-refractivity contribution is 0.123. The highest BCUT2D eigenvalue weighted by atomic mass is 19.1. The van der Waals surface area contributed by atoms with Crippen molar-refractivity contribution in [1.29, 1.82) is 0 Å². The summed E-state index contributed by atoms with van der Waals surface area (Å²) < 4.78 is 33.1. The van der Waals surface area contributed by atoms with Crippen LogP contribution in [0.5, 0.6) is 0 Å². The van der Waals surface area contributed by atoms with Gasteiger partial charge in [-0.1, -0.05) is 0 Å². The average molecular weight is 227 g/mol. The van der Waals surface area contributed by atoms with Gasteiger partial charge in [0.25, 0.3) is 0 Å². The Morgan fingerprint density at radius 1 is 1.44 bits per heavy atom. The zero-order valence-corrected chi connectivity index (χ0v) is 9.44. The lowest BCUT2D eigenvalue weighted by atomic mass is 9.96. The van der Waals surface area contributed by atoms with Gasteiger partial charge in [0.2, 0.25) is 0 Å². The molecule has 1 aliphatic rings. The van der Waals surface area contributed by atoms with Crippen LogP contribution in [0.1, 0.15) is 22.7 Å². The molecule has 0 radical (unpaired) electrons. The Bertz CT molecular complexity index is 406. The highest BCUT2D eigenvalue weighted by molar-refractivity contribution is 5.38. The first-order chi connectivity index (χ1) is 7.65. The molecule has 1 unspecified atom stereocenters. The molecule has 0 bridgehead atoms. The molecule has 16 heavy (non-hydrogen) atoms. The van der Waals surface area contributed by atoms with E-state index in [1.165, 1.54) is 6.07 Å². The topological polar surface area (TPSA) is 21.3 Å². The lowest BCUT2D eigenvalue weighted by Crippen LogP contribution is -2.23. The lowest BCUT2D eigenvalue weighted by Gasteiger charge is -2.18. The minimum atomic E-state index is -0.334. The van der Waals surface area contributed by atoms with Crippen LogP contribution in [0.15, 0.2) is 6.07 Å². The molecule has 2 rings (SSSR count). The van der Waals surface area contributed by atoms with Crippen molar-refractivity contribution in [1.82, 2.24) is 5.32 Å². The number of hydrogen-bond acceptors (Lipinski definition) is 2. The molecule has 2 nitrogen and oxygen atoms in total. The number of hydrogen-bond donors (Lipinski definition) is 1. The number of benzene rings is 1. The largest absolute Gasteiger partial charge is 0.379 e. The second-order valence-corrected chi connectivity index (χ2v) is 4.05. The fourth-order valence-electron chi connectivity index (χ4n) is 2.12. The molecule has 1 atom stereocenters. The van der Waals surface area contributed by atoms with E-state index in [1.807, 2.05) is 0 Å². The fraction of sp³-hybridized carbons (Fsp3) is 0.500. The zero-order valence-electron chi connectivity index (χ0n) is 9.44. The fourth-order valence-corrected chi connectivity index (χ4v) is 2.12. The maximum absolute atomic E-state index is 14.0. The summed E-state index contributed by atoms with van der Waals surface area (Å²) in [5, 5.41) is 2.96. The third-order valence-corrected chi connectivity index (χ3v) is 3.02. The van der Waals surface area contributed by atoms with Crippen molar-refractivity contribution in [3.05, 3.63) is 34.4 Å². The number of likely N-dealkylation sites (N-methyl/N-ethyl adjacent to an activating group) is 1. The third kappa shape index (κ3) is 1.83. The number of nitrogens with one attached hydrogen (secondary N) is 1. The van der Waals surface area contributed by atoms with Crippen LogP contribution in [0.25, 0.3) is 0 Å². The first kappa shape index (κ1) is 11.5. The molecule has 1 aromatic rings. The third-order valence-electron chi connectivity index (χ3n) is 3.02. The summed E-state index contributed by atoms with van der Waals surface area (Å²) in [4.78, 5) is 0. The van der Waals surface area contributed by atoms with Crippen LogP contribution in [0.3, 0.4) is 0 Å². The van der Waals surface area contributed by atoms with Crippen LogP contribution >= 0.6 is 0 Å². The zero-order chi connectivity index (χ0) is 11.7. The highest BCUT2D eigenvalue weighted by Crippen LogP contribution is 2.29. The first-order valence-electron chi connectivity index (χ1n) is 5.37. The Hall–Kier alpha value is -1.00. The minimum absolute atomic E-state index is 0.271. The summed E-state index contributed by atoms with van der Waals surface area (Å²) >= 11 is 0. The molecular formula is C12H15F2NO. The monoisotopic (exact) mass is 227 g/mol. The average Bonchev–Trinajstić information content (AvgIpc) is 2.48. The number of fused-ring (bicyclic) bond motifs is 1. The molecule has 88 valence electrons. The van der Waals surface area contributed by atoms with E-state index in [2.05, 4.69) is 5.32 Å². The summed E-state index contributed by atoms with van der Waals surface area (Å²) in [6.07, 6.45) is 0.427. The first-order valence-corrected chi connectivity index (χ1v) is 5.37. The van der Waals surface area contributed by atoms with Crippen molar-refractivity contribution in [2.45, 2.75) is 19.4 Å². The van der Waals surface area contributed by atoms with Gasteiger partial charge in [0.1, 0.15) is 11.6 Å². The molecule has 0 saturated heterocycles. The molecule has 1 aliphatic heterocycles. The molecular weight excluding hydrogens is 212 g/mol. The van der Waals surface area contributed by atoms with Crippen molar-refractivity contribution in [3.8, 4) is 0 Å². The Morgan fingerprint density at radius 3 is 2.88 bits per heavy atom. The molecule has 0 saturated carbocycles. The molecule has 0 aromatic heterocycles. The van der Waals surface area contributed by atoms with Gasteiger partial charge in [0.15, 0.2) is 0 Å². The molecule has 0 amide bonds. The van der Waals surface area contributed by atoms with E-state index >= 15 is 0 Å². The molecule has 0 aliphatic carbocycles. The maximum Gasteiger partial charge on any atom is 0.131 e. The molecule has 1 aromatic carbocycles. The van der Waals surface area contributed by atoms with Gasteiger partial charge in [-0.25, -0.2) is 8.78 Å². The molecule has 0 fully saturated rings. The minimum Gasteiger partial charge on any atom is -0.379 e. The van der Waals surface area contributed by atoms with E-state index in [-0.39, 0.29) is 17.7 Å². The van der Waals surface area contributed by atoms with Crippen LogP contribution in [0, 0.1) is 18.6 Å². The second-order valence-electron chi connectivity index (χ2n) is 4.05. The smallest absolute Gasteiger partial charge is 0.131 e. The van der Waals surface area contributed by atoms with Gasteiger partial charge in [-0.3, -0.25) is 0 Å². The van der Waals surface area contributed by atoms with Crippen molar-refractivity contribution >= 4 is 0 Å².